The lowest BCUT2D eigenvalue weighted by atomic mass is 10.0. The maximum atomic E-state index is 13.2. The molecule has 2 aliphatic heterocycles. The van der Waals surface area contributed by atoms with Gasteiger partial charge in [-0.15, -0.1) is 0 Å². The summed E-state index contributed by atoms with van der Waals surface area (Å²) in [7, 11) is 0. The van der Waals surface area contributed by atoms with E-state index in [-0.39, 0.29) is 18.4 Å². The van der Waals surface area contributed by atoms with Crippen molar-refractivity contribution in [3.8, 4) is 0 Å². The molecule has 7 heteroatoms. The van der Waals surface area contributed by atoms with Crippen molar-refractivity contribution in [3.63, 3.8) is 0 Å². The highest BCUT2D eigenvalue weighted by atomic mass is 16.2. The van der Waals surface area contributed by atoms with Gasteiger partial charge in [-0.2, -0.15) is 0 Å². The molecule has 1 atom stereocenters. The van der Waals surface area contributed by atoms with Gasteiger partial charge in [0.25, 0.3) is 0 Å². The fourth-order valence-electron chi connectivity index (χ4n) is 4.34. The van der Waals surface area contributed by atoms with E-state index >= 15 is 0 Å². The van der Waals surface area contributed by atoms with Crippen LogP contribution < -0.4 is 0 Å². The van der Waals surface area contributed by atoms with Crippen molar-refractivity contribution in [1.29, 1.82) is 0 Å². The van der Waals surface area contributed by atoms with E-state index in [2.05, 4.69) is 27.0 Å². The zero-order valence-corrected chi connectivity index (χ0v) is 16.6. The number of aromatic nitrogens is 2. The lowest BCUT2D eigenvalue weighted by molar-refractivity contribution is -0.160. The molecule has 5 rings (SSSR count). The lowest BCUT2D eigenvalue weighted by Gasteiger charge is -2.46. The monoisotopic (exact) mass is 401 g/mol. The minimum Gasteiger partial charge on any atom is -0.327 e. The Balaban J connectivity index is 1.30. The van der Waals surface area contributed by atoms with Crippen molar-refractivity contribution in [2.75, 3.05) is 26.2 Å². The maximum Gasteiger partial charge on any atom is 0.247 e. The number of rotatable bonds is 4. The Labute approximate surface area is 174 Å². The summed E-state index contributed by atoms with van der Waals surface area (Å²) in [5, 5.41) is 1.11. The van der Waals surface area contributed by atoms with Crippen LogP contribution in [-0.4, -0.2) is 68.7 Å². The van der Waals surface area contributed by atoms with Gasteiger partial charge in [-0.05, 0) is 29.3 Å². The molecule has 2 amide bonds. The number of benzene rings is 1. The molecule has 30 heavy (non-hydrogen) atoms. The molecule has 0 bridgehead atoms. The largest absolute Gasteiger partial charge is 0.327 e. The standard InChI is InChI=1S/C23H23N5O2/c29-22-16-27(14-17-4-3-7-24-11-17)23(30)21-15-26(8-9-28(21)22)13-18-10-19-5-1-2-6-20(19)25-12-18/h1-7,10-12,21H,8-9,13-16H2. The minimum atomic E-state index is -0.426. The molecule has 0 aliphatic carbocycles. The zero-order valence-electron chi connectivity index (χ0n) is 16.6. The SMILES string of the molecule is O=C1C2CN(Cc3cnc4ccccc4c3)CCN2C(=O)CN1Cc1cccnc1. The number of carbonyl (C=O) groups is 2. The van der Waals surface area contributed by atoms with Crippen LogP contribution in [0.25, 0.3) is 10.9 Å². The van der Waals surface area contributed by atoms with Crippen LogP contribution in [0.15, 0.2) is 61.1 Å². The average molecular weight is 401 g/mol. The Morgan fingerprint density at radius 2 is 1.87 bits per heavy atom. The number of hydrogen-bond acceptors (Lipinski definition) is 5. The van der Waals surface area contributed by atoms with Crippen LogP contribution in [0.4, 0.5) is 0 Å². The molecule has 2 fully saturated rings. The molecule has 0 N–H and O–H groups in total. The highest BCUT2D eigenvalue weighted by Crippen LogP contribution is 2.22. The molecule has 2 aromatic heterocycles. The second-order valence-electron chi connectivity index (χ2n) is 7.93. The third-order valence-electron chi connectivity index (χ3n) is 5.86. The Bertz CT molecular complexity index is 1090. The highest BCUT2D eigenvalue weighted by Gasteiger charge is 2.42. The number of pyridine rings is 2. The Hall–Kier alpha value is -3.32. The predicted octanol–water partition coefficient (Wildman–Crippen LogP) is 1.69. The smallest absolute Gasteiger partial charge is 0.247 e. The molecular formula is C23H23N5O2. The van der Waals surface area contributed by atoms with Crippen LogP contribution >= 0.6 is 0 Å². The van der Waals surface area contributed by atoms with Gasteiger partial charge in [0, 0.05) is 56.7 Å². The van der Waals surface area contributed by atoms with Gasteiger partial charge in [0.15, 0.2) is 0 Å². The third-order valence-corrected chi connectivity index (χ3v) is 5.86. The molecule has 152 valence electrons. The Morgan fingerprint density at radius 1 is 0.967 bits per heavy atom. The topological polar surface area (TPSA) is 69.6 Å². The van der Waals surface area contributed by atoms with Gasteiger partial charge in [-0.1, -0.05) is 24.3 Å². The maximum absolute atomic E-state index is 13.2. The van der Waals surface area contributed by atoms with E-state index in [0.717, 1.165) is 28.6 Å². The first-order valence-corrected chi connectivity index (χ1v) is 10.2. The molecule has 2 saturated heterocycles. The highest BCUT2D eigenvalue weighted by molar-refractivity contribution is 5.95. The van der Waals surface area contributed by atoms with Crippen molar-refractivity contribution >= 4 is 22.7 Å². The Morgan fingerprint density at radius 3 is 2.73 bits per heavy atom. The quantitative estimate of drug-likeness (QED) is 0.665. The van der Waals surface area contributed by atoms with Crippen molar-refractivity contribution in [2.45, 2.75) is 19.1 Å². The lowest BCUT2D eigenvalue weighted by Crippen LogP contribution is -2.66. The van der Waals surface area contributed by atoms with E-state index < -0.39 is 6.04 Å². The Kier molecular flexibility index (Phi) is 4.88. The van der Waals surface area contributed by atoms with Crippen molar-refractivity contribution < 1.29 is 9.59 Å². The van der Waals surface area contributed by atoms with Crippen molar-refractivity contribution in [2.24, 2.45) is 0 Å². The van der Waals surface area contributed by atoms with E-state index in [4.69, 9.17) is 0 Å². The van der Waals surface area contributed by atoms with E-state index in [1.165, 1.54) is 0 Å². The summed E-state index contributed by atoms with van der Waals surface area (Å²) in [6.45, 7) is 3.14. The number of para-hydroxylation sites is 1. The molecule has 7 nitrogen and oxygen atoms in total. The minimum absolute atomic E-state index is 0.0137. The number of fused-ring (bicyclic) bond motifs is 2. The second kappa shape index (κ2) is 7.84. The van der Waals surface area contributed by atoms with Crippen molar-refractivity contribution in [3.05, 3.63) is 72.2 Å². The molecule has 0 spiro atoms. The van der Waals surface area contributed by atoms with E-state index in [1.54, 1.807) is 22.2 Å². The van der Waals surface area contributed by atoms with Crippen LogP contribution in [0.3, 0.4) is 0 Å². The fraction of sp³-hybridized carbons (Fsp3) is 0.304. The van der Waals surface area contributed by atoms with Gasteiger partial charge < -0.3 is 9.80 Å². The summed E-state index contributed by atoms with van der Waals surface area (Å²) in [6, 6.07) is 13.5. The molecule has 3 aromatic rings. The number of amides is 2. The summed E-state index contributed by atoms with van der Waals surface area (Å²) in [5.74, 6) is 0.0373. The van der Waals surface area contributed by atoms with Gasteiger partial charge in [0.2, 0.25) is 11.8 Å². The molecule has 2 aliphatic rings. The average Bonchev–Trinajstić information content (AvgIpc) is 2.78. The molecule has 0 radical (unpaired) electrons. The zero-order chi connectivity index (χ0) is 20.5. The van der Waals surface area contributed by atoms with Gasteiger partial charge in [0.05, 0.1) is 5.52 Å². The van der Waals surface area contributed by atoms with E-state index in [1.807, 2.05) is 36.5 Å². The molecule has 4 heterocycles. The molecular weight excluding hydrogens is 378 g/mol. The third kappa shape index (κ3) is 3.64. The van der Waals surface area contributed by atoms with Gasteiger partial charge in [0.1, 0.15) is 12.6 Å². The second-order valence-corrected chi connectivity index (χ2v) is 7.93. The van der Waals surface area contributed by atoms with Crippen LogP contribution in [0.5, 0.6) is 0 Å². The van der Waals surface area contributed by atoms with E-state index in [9.17, 15) is 9.59 Å². The van der Waals surface area contributed by atoms with Gasteiger partial charge in [-0.25, -0.2) is 0 Å². The van der Waals surface area contributed by atoms with Crippen LogP contribution in [0, 0.1) is 0 Å². The number of carbonyl (C=O) groups excluding carboxylic acids is 2. The van der Waals surface area contributed by atoms with Crippen molar-refractivity contribution in [1.82, 2.24) is 24.7 Å². The van der Waals surface area contributed by atoms with Gasteiger partial charge >= 0.3 is 0 Å². The first-order valence-electron chi connectivity index (χ1n) is 10.2. The summed E-state index contributed by atoms with van der Waals surface area (Å²) in [5.41, 5.74) is 3.02. The van der Waals surface area contributed by atoms with Crippen LogP contribution in [0.1, 0.15) is 11.1 Å². The summed E-state index contributed by atoms with van der Waals surface area (Å²) in [6.07, 6.45) is 5.34. The predicted molar refractivity (Wildman–Crippen MR) is 112 cm³/mol. The first-order chi connectivity index (χ1) is 14.7. The number of nitrogens with zero attached hydrogens (tertiary/aromatic N) is 5. The summed E-state index contributed by atoms with van der Waals surface area (Å²) >= 11 is 0. The van der Waals surface area contributed by atoms with Crippen LogP contribution in [0.2, 0.25) is 0 Å². The number of hydrogen-bond donors (Lipinski definition) is 0. The summed E-state index contributed by atoms with van der Waals surface area (Å²) < 4.78 is 0. The van der Waals surface area contributed by atoms with E-state index in [0.29, 0.717) is 26.2 Å². The van der Waals surface area contributed by atoms with Gasteiger partial charge in [-0.3, -0.25) is 24.5 Å². The first kappa shape index (κ1) is 18.7. The molecule has 1 aromatic carbocycles. The number of piperazine rings is 2. The summed E-state index contributed by atoms with van der Waals surface area (Å²) in [4.78, 5) is 40.1. The fourth-order valence-corrected chi connectivity index (χ4v) is 4.34. The van der Waals surface area contributed by atoms with Crippen LogP contribution in [-0.2, 0) is 22.7 Å². The molecule has 1 unspecified atom stereocenters. The molecule has 0 saturated carbocycles. The normalized spacial score (nSPS) is 19.9.